The summed E-state index contributed by atoms with van der Waals surface area (Å²) in [6, 6.07) is 7.50. The molecule has 0 bridgehead atoms. The Hall–Kier alpha value is -2.76. The van der Waals surface area contributed by atoms with Crippen molar-refractivity contribution in [3.63, 3.8) is 0 Å². The number of carboxylic acids is 1. The molecular weight excluding hydrogens is 232 g/mol. The number of carbonyl (C=O) groups is 1. The summed E-state index contributed by atoms with van der Waals surface area (Å²) in [5.41, 5.74) is 0.691. The Balaban J connectivity index is 2.21. The third-order valence-electron chi connectivity index (χ3n) is 2.62. The fourth-order valence-corrected chi connectivity index (χ4v) is 1.78. The van der Waals surface area contributed by atoms with Crippen molar-refractivity contribution < 1.29 is 9.90 Å². The molecule has 0 aliphatic carbocycles. The smallest absolute Gasteiger partial charge is 0.358 e. The van der Waals surface area contributed by atoms with Gasteiger partial charge in [-0.2, -0.15) is 0 Å². The molecule has 6 heteroatoms. The van der Waals surface area contributed by atoms with Crippen LogP contribution >= 0.6 is 0 Å². The van der Waals surface area contributed by atoms with Crippen LogP contribution in [-0.4, -0.2) is 31.1 Å². The Kier molecular flexibility index (Phi) is 2.26. The lowest BCUT2D eigenvalue weighted by atomic mass is 10.1. The van der Waals surface area contributed by atoms with Gasteiger partial charge in [-0.15, -0.1) is 5.10 Å². The van der Waals surface area contributed by atoms with Crippen LogP contribution in [0.2, 0.25) is 0 Å². The zero-order valence-corrected chi connectivity index (χ0v) is 9.19. The van der Waals surface area contributed by atoms with Gasteiger partial charge >= 0.3 is 5.97 Å². The van der Waals surface area contributed by atoms with E-state index in [2.05, 4.69) is 15.3 Å². The fraction of sp³-hybridized carbons (Fsp3) is 0. The van der Waals surface area contributed by atoms with Crippen molar-refractivity contribution in [1.82, 2.24) is 20.0 Å². The van der Waals surface area contributed by atoms with Gasteiger partial charge in [-0.05, 0) is 12.1 Å². The predicted octanol–water partition coefficient (Wildman–Crippen LogP) is 1.51. The average molecular weight is 240 g/mol. The van der Waals surface area contributed by atoms with Crippen LogP contribution in [0.15, 0.2) is 42.9 Å². The molecule has 88 valence electrons. The highest BCUT2D eigenvalue weighted by atomic mass is 16.4. The number of carboxylic acid groups (broad SMARTS) is 1. The van der Waals surface area contributed by atoms with Crippen LogP contribution in [0.3, 0.4) is 0 Å². The maximum atomic E-state index is 10.8. The molecule has 18 heavy (non-hydrogen) atoms. The average Bonchev–Trinajstić information content (AvgIpc) is 2.87. The first-order chi connectivity index (χ1) is 8.75. The third kappa shape index (κ3) is 1.60. The summed E-state index contributed by atoms with van der Waals surface area (Å²) in [4.78, 5) is 14.8. The summed E-state index contributed by atoms with van der Waals surface area (Å²) in [5.74, 6) is -1.09. The summed E-state index contributed by atoms with van der Waals surface area (Å²) in [6.45, 7) is 0. The molecule has 0 saturated heterocycles. The first-order valence-corrected chi connectivity index (χ1v) is 5.24. The van der Waals surface area contributed by atoms with E-state index in [1.807, 2.05) is 24.3 Å². The fourth-order valence-electron chi connectivity index (χ4n) is 1.78. The summed E-state index contributed by atoms with van der Waals surface area (Å²) < 4.78 is 1.45. The molecule has 0 aliphatic rings. The molecule has 1 aromatic carbocycles. The summed E-state index contributed by atoms with van der Waals surface area (Å²) >= 11 is 0. The minimum atomic E-state index is -1.09. The molecule has 6 nitrogen and oxygen atoms in total. The Morgan fingerprint density at radius 2 is 2.17 bits per heavy atom. The highest BCUT2D eigenvalue weighted by Crippen LogP contribution is 2.20. The maximum Gasteiger partial charge on any atom is 0.358 e. The van der Waals surface area contributed by atoms with Gasteiger partial charge in [0.1, 0.15) is 0 Å². The van der Waals surface area contributed by atoms with Crippen molar-refractivity contribution in [3.8, 4) is 5.69 Å². The van der Waals surface area contributed by atoms with Crippen LogP contribution in [0.5, 0.6) is 0 Å². The number of hydrogen-bond acceptors (Lipinski definition) is 4. The lowest BCUT2D eigenvalue weighted by Crippen LogP contribution is -1.96. The van der Waals surface area contributed by atoms with Gasteiger partial charge in [-0.1, -0.05) is 17.3 Å². The standard InChI is InChI=1S/C12H8N4O2/c17-12(18)10-7-16(15-14-10)11-3-1-2-8-6-13-5-4-9(8)11/h1-7H,(H,17,18). The van der Waals surface area contributed by atoms with E-state index in [-0.39, 0.29) is 5.69 Å². The van der Waals surface area contributed by atoms with E-state index in [0.29, 0.717) is 0 Å². The Morgan fingerprint density at radius 1 is 1.28 bits per heavy atom. The van der Waals surface area contributed by atoms with E-state index in [9.17, 15) is 4.79 Å². The van der Waals surface area contributed by atoms with Crippen LogP contribution in [-0.2, 0) is 0 Å². The van der Waals surface area contributed by atoms with E-state index >= 15 is 0 Å². The zero-order chi connectivity index (χ0) is 12.5. The van der Waals surface area contributed by atoms with E-state index in [1.54, 1.807) is 12.4 Å². The molecule has 3 aromatic rings. The van der Waals surface area contributed by atoms with Gasteiger partial charge in [0.25, 0.3) is 0 Å². The summed E-state index contributed by atoms with van der Waals surface area (Å²) in [5, 5.41) is 18.2. The number of pyridine rings is 1. The molecule has 0 amide bonds. The van der Waals surface area contributed by atoms with Gasteiger partial charge in [-0.3, -0.25) is 4.98 Å². The van der Waals surface area contributed by atoms with Crippen molar-refractivity contribution in [2.75, 3.05) is 0 Å². The first-order valence-electron chi connectivity index (χ1n) is 5.24. The van der Waals surface area contributed by atoms with Crippen LogP contribution in [0.1, 0.15) is 10.5 Å². The molecule has 3 rings (SSSR count). The highest BCUT2D eigenvalue weighted by Gasteiger charge is 2.10. The van der Waals surface area contributed by atoms with Crippen LogP contribution < -0.4 is 0 Å². The summed E-state index contributed by atoms with van der Waals surface area (Å²) in [7, 11) is 0. The molecule has 0 radical (unpaired) electrons. The van der Waals surface area contributed by atoms with Crippen molar-refractivity contribution >= 4 is 16.7 Å². The lowest BCUT2D eigenvalue weighted by Gasteiger charge is -2.04. The van der Waals surface area contributed by atoms with Crippen molar-refractivity contribution in [1.29, 1.82) is 0 Å². The third-order valence-corrected chi connectivity index (χ3v) is 2.62. The monoisotopic (exact) mass is 240 g/mol. The molecule has 2 aromatic heterocycles. The lowest BCUT2D eigenvalue weighted by molar-refractivity contribution is 0.0690. The molecule has 0 unspecified atom stereocenters. The van der Waals surface area contributed by atoms with Gasteiger partial charge in [0, 0.05) is 23.2 Å². The molecule has 0 spiro atoms. The zero-order valence-electron chi connectivity index (χ0n) is 9.19. The van der Waals surface area contributed by atoms with Crippen LogP contribution in [0.4, 0.5) is 0 Å². The second-order valence-electron chi connectivity index (χ2n) is 3.73. The molecule has 0 fully saturated rings. The maximum absolute atomic E-state index is 10.8. The SMILES string of the molecule is O=C(O)c1cn(-c2cccc3cnccc23)nn1. The topological polar surface area (TPSA) is 80.9 Å². The van der Waals surface area contributed by atoms with Crippen LogP contribution in [0.25, 0.3) is 16.5 Å². The number of benzene rings is 1. The Morgan fingerprint density at radius 3 is 2.94 bits per heavy atom. The van der Waals surface area contributed by atoms with Gasteiger partial charge in [0.2, 0.25) is 0 Å². The second-order valence-corrected chi connectivity index (χ2v) is 3.73. The predicted molar refractivity (Wildman–Crippen MR) is 63.6 cm³/mol. The van der Waals surface area contributed by atoms with E-state index in [0.717, 1.165) is 16.5 Å². The molecule has 0 atom stereocenters. The van der Waals surface area contributed by atoms with Gasteiger partial charge in [0.15, 0.2) is 5.69 Å². The second kappa shape index (κ2) is 3.92. The van der Waals surface area contributed by atoms with E-state index in [4.69, 9.17) is 5.11 Å². The van der Waals surface area contributed by atoms with Crippen molar-refractivity contribution in [2.24, 2.45) is 0 Å². The van der Waals surface area contributed by atoms with Crippen LogP contribution in [0, 0.1) is 0 Å². The van der Waals surface area contributed by atoms with Gasteiger partial charge < -0.3 is 5.11 Å². The number of aromatic nitrogens is 4. The number of nitrogens with zero attached hydrogens (tertiary/aromatic N) is 4. The number of rotatable bonds is 2. The minimum Gasteiger partial charge on any atom is -0.476 e. The molecular formula is C12H8N4O2. The van der Waals surface area contributed by atoms with E-state index in [1.165, 1.54) is 10.9 Å². The number of hydrogen-bond donors (Lipinski definition) is 1. The highest BCUT2D eigenvalue weighted by molar-refractivity contribution is 5.89. The normalized spacial score (nSPS) is 10.7. The first kappa shape index (κ1) is 10.4. The summed E-state index contributed by atoms with van der Waals surface area (Å²) in [6.07, 6.45) is 4.81. The van der Waals surface area contributed by atoms with E-state index < -0.39 is 5.97 Å². The molecule has 2 heterocycles. The Bertz CT molecular complexity index is 730. The van der Waals surface area contributed by atoms with Gasteiger partial charge in [0.05, 0.1) is 11.9 Å². The number of fused-ring (bicyclic) bond motifs is 1. The Labute approximate surface area is 102 Å². The van der Waals surface area contributed by atoms with Crippen molar-refractivity contribution in [3.05, 3.63) is 48.5 Å². The number of aromatic carboxylic acids is 1. The minimum absolute atomic E-state index is 0.0824. The quantitative estimate of drug-likeness (QED) is 0.734. The largest absolute Gasteiger partial charge is 0.476 e. The molecule has 0 saturated carbocycles. The molecule has 1 N–H and O–H groups in total. The van der Waals surface area contributed by atoms with Crippen molar-refractivity contribution in [2.45, 2.75) is 0 Å². The van der Waals surface area contributed by atoms with Gasteiger partial charge in [-0.25, -0.2) is 9.48 Å². The molecule has 0 aliphatic heterocycles.